The number of amides is 1. The minimum atomic E-state index is -0.861. The smallest absolute Gasteiger partial charge is 0.407 e. The van der Waals surface area contributed by atoms with E-state index >= 15 is 0 Å². The van der Waals surface area contributed by atoms with E-state index in [1.165, 1.54) is 6.07 Å². The van der Waals surface area contributed by atoms with E-state index in [1.54, 1.807) is 20.8 Å². The summed E-state index contributed by atoms with van der Waals surface area (Å²) >= 11 is 5.56. The van der Waals surface area contributed by atoms with Gasteiger partial charge in [-0.05, 0) is 27.2 Å². The highest BCUT2D eigenvalue weighted by Crippen LogP contribution is 2.19. The molecule has 0 radical (unpaired) electrons. The molecule has 0 fully saturated rings. The molecule has 1 heterocycles. The van der Waals surface area contributed by atoms with Crippen molar-refractivity contribution < 1.29 is 19.2 Å². The lowest BCUT2D eigenvalue weighted by Gasteiger charge is -2.19. The number of aliphatic hydroxyl groups is 1. The lowest BCUT2D eigenvalue weighted by atomic mass is 10.2. The molecule has 0 spiro atoms. The van der Waals surface area contributed by atoms with Crippen LogP contribution in [0.1, 0.15) is 39.1 Å². The van der Waals surface area contributed by atoms with Crippen LogP contribution in [0.25, 0.3) is 0 Å². The lowest BCUT2D eigenvalue weighted by Crippen LogP contribution is -2.33. The van der Waals surface area contributed by atoms with Crippen molar-refractivity contribution in [1.29, 1.82) is 0 Å². The minimum absolute atomic E-state index is 0.184. The fourth-order valence-corrected chi connectivity index (χ4v) is 1.33. The molecule has 0 aromatic carbocycles. The number of carbonyl (C=O) groups excluding carboxylic acids is 1. The van der Waals surface area contributed by atoms with Crippen molar-refractivity contribution in [3.8, 4) is 0 Å². The Kier molecular flexibility index (Phi) is 4.98. The first kappa shape index (κ1) is 14.8. The highest BCUT2D eigenvalue weighted by atomic mass is 35.5. The Morgan fingerprint density at radius 3 is 2.83 bits per heavy atom. The number of rotatable bonds is 4. The van der Waals surface area contributed by atoms with Crippen LogP contribution >= 0.6 is 11.6 Å². The van der Waals surface area contributed by atoms with Crippen LogP contribution in [0, 0.1) is 0 Å². The molecule has 0 saturated heterocycles. The molecule has 7 heteroatoms. The Morgan fingerprint density at radius 2 is 2.33 bits per heavy atom. The number of nitrogens with one attached hydrogen (secondary N) is 1. The molecule has 6 nitrogen and oxygen atoms in total. The molecule has 102 valence electrons. The van der Waals surface area contributed by atoms with Crippen molar-refractivity contribution in [3.63, 3.8) is 0 Å². The van der Waals surface area contributed by atoms with Crippen molar-refractivity contribution in [2.75, 3.05) is 6.54 Å². The van der Waals surface area contributed by atoms with Gasteiger partial charge in [-0.2, -0.15) is 0 Å². The number of hydrogen-bond acceptors (Lipinski definition) is 5. The molecule has 1 aromatic rings. The van der Waals surface area contributed by atoms with Crippen LogP contribution in [0.2, 0.25) is 5.15 Å². The van der Waals surface area contributed by atoms with Gasteiger partial charge in [-0.15, -0.1) is 0 Å². The quantitative estimate of drug-likeness (QED) is 0.881. The summed E-state index contributed by atoms with van der Waals surface area (Å²) in [5.74, 6) is 0.269. The fourth-order valence-electron chi connectivity index (χ4n) is 1.19. The van der Waals surface area contributed by atoms with Gasteiger partial charge in [-0.25, -0.2) is 4.79 Å². The summed E-state index contributed by atoms with van der Waals surface area (Å²) < 4.78 is 9.83. The molecular formula is C11H17ClN2O4. The van der Waals surface area contributed by atoms with Crippen molar-refractivity contribution in [2.45, 2.75) is 38.9 Å². The van der Waals surface area contributed by atoms with Gasteiger partial charge in [0.1, 0.15) is 11.7 Å². The molecule has 0 aliphatic heterocycles. The van der Waals surface area contributed by atoms with Crippen LogP contribution in [0.5, 0.6) is 0 Å². The molecule has 1 atom stereocenters. The SMILES string of the molecule is CC(C)(C)OC(=O)NCC[C@@H](O)c1cc(Cl)no1. The summed E-state index contributed by atoms with van der Waals surface area (Å²) in [6.45, 7) is 5.59. The van der Waals surface area contributed by atoms with E-state index in [-0.39, 0.29) is 23.9 Å². The zero-order valence-corrected chi connectivity index (χ0v) is 11.3. The summed E-state index contributed by atoms with van der Waals surface area (Å²) in [4.78, 5) is 11.3. The molecule has 0 aliphatic rings. The standard InChI is InChI=1S/C11H17ClN2O4/c1-11(2,3)17-10(16)13-5-4-7(15)8-6-9(12)14-18-8/h6-7,15H,4-5H2,1-3H3,(H,13,16)/t7-/m1/s1. The average Bonchev–Trinajstić information content (AvgIpc) is 2.62. The van der Waals surface area contributed by atoms with Gasteiger partial charge in [0.2, 0.25) is 0 Å². The molecule has 0 saturated carbocycles. The van der Waals surface area contributed by atoms with E-state index in [1.807, 2.05) is 0 Å². The van der Waals surface area contributed by atoms with E-state index in [0.717, 1.165) is 0 Å². The van der Waals surface area contributed by atoms with Gasteiger partial charge >= 0.3 is 6.09 Å². The van der Waals surface area contributed by atoms with Gasteiger partial charge in [0.05, 0.1) is 0 Å². The Balaban J connectivity index is 2.27. The predicted octanol–water partition coefficient (Wildman–Crippen LogP) is 2.28. The average molecular weight is 277 g/mol. The first-order chi connectivity index (χ1) is 8.28. The monoisotopic (exact) mass is 276 g/mol. The third kappa shape index (κ3) is 5.37. The van der Waals surface area contributed by atoms with Crippen LogP contribution in [0.4, 0.5) is 4.79 Å². The Bertz CT molecular complexity index is 400. The molecule has 2 N–H and O–H groups in total. The summed E-state index contributed by atoms with van der Waals surface area (Å²) in [6, 6.07) is 1.43. The van der Waals surface area contributed by atoms with Crippen LogP contribution in [0.15, 0.2) is 10.6 Å². The third-order valence-electron chi connectivity index (χ3n) is 1.91. The number of aliphatic hydroxyl groups excluding tert-OH is 1. The molecule has 1 aromatic heterocycles. The first-order valence-electron chi connectivity index (χ1n) is 5.55. The number of carbonyl (C=O) groups is 1. The van der Waals surface area contributed by atoms with Crippen LogP contribution < -0.4 is 5.32 Å². The predicted molar refractivity (Wildman–Crippen MR) is 65.3 cm³/mol. The van der Waals surface area contributed by atoms with Crippen LogP contribution in [-0.2, 0) is 4.74 Å². The van der Waals surface area contributed by atoms with Gasteiger partial charge in [0.25, 0.3) is 0 Å². The Labute approximate surface area is 110 Å². The molecular weight excluding hydrogens is 260 g/mol. The lowest BCUT2D eigenvalue weighted by molar-refractivity contribution is 0.0514. The summed E-state index contributed by atoms with van der Waals surface area (Å²) in [6.07, 6.45) is -1.10. The van der Waals surface area contributed by atoms with Gasteiger partial charge < -0.3 is 19.7 Å². The number of alkyl carbamates (subject to hydrolysis) is 1. The number of nitrogens with zero attached hydrogens (tertiary/aromatic N) is 1. The molecule has 1 rings (SSSR count). The second-order valence-electron chi connectivity index (χ2n) is 4.79. The maximum atomic E-state index is 11.3. The van der Waals surface area contributed by atoms with Crippen LogP contribution in [-0.4, -0.2) is 28.5 Å². The van der Waals surface area contributed by atoms with Crippen LogP contribution in [0.3, 0.4) is 0 Å². The fraction of sp³-hybridized carbons (Fsp3) is 0.636. The highest BCUT2D eigenvalue weighted by Gasteiger charge is 2.17. The van der Waals surface area contributed by atoms with E-state index < -0.39 is 17.8 Å². The zero-order chi connectivity index (χ0) is 13.8. The molecule has 0 aliphatic carbocycles. The summed E-state index contributed by atoms with van der Waals surface area (Å²) in [7, 11) is 0. The summed E-state index contributed by atoms with van der Waals surface area (Å²) in [5, 5.41) is 15.9. The van der Waals surface area contributed by atoms with Crippen molar-refractivity contribution in [1.82, 2.24) is 10.5 Å². The minimum Gasteiger partial charge on any atom is -0.444 e. The number of halogens is 1. The number of hydrogen-bond donors (Lipinski definition) is 2. The molecule has 18 heavy (non-hydrogen) atoms. The second kappa shape index (κ2) is 6.06. The second-order valence-corrected chi connectivity index (χ2v) is 5.17. The van der Waals surface area contributed by atoms with Crippen molar-refractivity contribution >= 4 is 17.7 Å². The Morgan fingerprint density at radius 1 is 1.67 bits per heavy atom. The third-order valence-corrected chi connectivity index (χ3v) is 2.09. The highest BCUT2D eigenvalue weighted by molar-refractivity contribution is 6.29. The largest absolute Gasteiger partial charge is 0.444 e. The first-order valence-corrected chi connectivity index (χ1v) is 5.93. The van der Waals surface area contributed by atoms with Gasteiger partial charge in [-0.1, -0.05) is 16.8 Å². The van der Waals surface area contributed by atoms with E-state index in [2.05, 4.69) is 10.5 Å². The molecule has 1 amide bonds. The summed E-state index contributed by atoms with van der Waals surface area (Å²) in [5.41, 5.74) is -0.541. The van der Waals surface area contributed by atoms with Crippen molar-refractivity contribution in [3.05, 3.63) is 17.0 Å². The normalized spacial score (nSPS) is 13.2. The maximum Gasteiger partial charge on any atom is 0.407 e. The molecule has 0 bridgehead atoms. The van der Waals surface area contributed by atoms with Crippen molar-refractivity contribution in [2.24, 2.45) is 0 Å². The van der Waals surface area contributed by atoms with Gasteiger partial charge in [-0.3, -0.25) is 0 Å². The molecule has 0 unspecified atom stereocenters. The van der Waals surface area contributed by atoms with E-state index in [4.69, 9.17) is 20.9 Å². The maximum absolute atomic E-state index is 11.3. The van der Waals surface area contributed by atoms with E-state index in [9.17, 15) is 9.90 Å². The Hall–Kier alpha value is -1.27. The van der Waals surface area contributed by atoms with Gasteiger partial charge in [0, 0.05) is 12.6 Å². The topological polar surface area (TPSA) is 84.6 Å². The number of ether oxygens (including phenoxy) is 1. The zero-order valence-electron chi connectivity index (χ0n) is 10.6. The van der Waals surface area contributed by atoms with E-state index in [0.29, 0.717) is 0 Å². The number of aromatic nitrogens is 1. The van der Waals surface area contributed by atoms with Gasteiger partial charge in [0.15, 0.2) is 10.9 Å².